The van der Waals surface area contributed by atoms with Crippen LogP contribution in [0.1, 0.15) is 11.1 Å². The standard InChI is InChI=1S/C14H18N4O/c1-18(14-16-8-7-13(17-14)19-2)10-12-5-3-11(9-15)4-6-12/h3-8H,9-10,15H2,1-2H3. The lowest BCUT2D eigenvalue weighted by Gasteiger charge is -2.17. The van der Waals surface area contributed by atoms with Gasteiger partial charge in [0.1, 0.15) is 0 Å². The Balaban J connectivity index is 2.08. The molecule has 0 bridgehead atoms. The van der Waals surface area contributed by atoms with Gasteiger partial charge in [-0.15, -0.1) is 0 Å². The summed E-state index contributed by atoms with van der Waals surface area (Å²) in [7, 11) is 3.54. The fourth-order valence-corrected chi connectivity index (χ4v) is 1.76. The van der Waals surface area contributed by atoms with E-state index in [4.69, 9.17) is 10.5 Å². The van der Waals surface area contributed by atoms with Crippen molar-refractivity contribution in [2.75, 3.05) is 19.1 Å². The molecular weight excluding hydrogens is 240 g/mol. The summed E-state index contributed by atoms with van der Waals surface area (Å²) in [6.45, 7) is 1.30. The van der Waals surface area contributed by atoms with Crippen molar-refractivity contribution >= 4 is 5.95 Å². The van der Waals surface area contributed by atoms with Crippen LogP contribution in [0.3, 0.4) is 0 Å². The molecule has 0 aliphatic carbocycles. The Morgan fingerprint density at radius 1 is 1.16 bits per heavy atom. The summed E-state index contributed by atoms with van der Waals surface area (Å²) in [6.07, 6.45) is 1.69. The average Bonchev–Trinajstić information content (AvgIpc) is 2.48. The summed E-state index contributed by atoms with van der Waals surface area (Å²) in [4.78, 5) is 10.5. The summed E-state index contributed by atoms with van der Waals surface area (Å²) in [6, 6.07) is 9.94. The third-order valence-electron chi connectivity index (χ3n) is 2.85. The molecule has 1 aromatic carbocycles. The zero-order valence-electron chi connectivity index (χ0n) is 11.2. The molecule has 1 heterocycles. The van der Waals surface area contributed by atoms with Crippen molar-refractivity contribution in [3.8, 4) is 5.88 Å². The molecule has 5 nitrogen and oxygen atoms in total. The Labute approximate surface area is 113 Å². The number of hydrogen-bond acceptors (Lipinski definition) is 5. The SMILES string of the molecule is COc1ccnc(N(C)Cc2ccc(CN)cc2)n1. The molecule has 19 heavy (non-hydrogen) atoms. The molecule has 2 rings (SSSR count). The smallest absolute Gasteiger partial charge is 0.228 e. The number of aromatic nitrogens is 2. The minimum Gasteiger partial charge on any atom is -0.481 e. The van der Waals surface area contributed by atoms with E-state index in [-0.39, 0.29) is 0 Å². The molecule has 0 spiro atoms. The van der Waals surface area contributed by atoms with E-state index in [0.29, 0.717) is 18.4 Å². The highest BCUT2D eigenvalue weighted by Gasteiger charge is 2.06. The Kier molecular flexibility index (Phi) is 4.30. The lowest BCUT2D eigenvalue weighted by Crippen LogP contribution is -2.19. The van der Waals surface area contributed by atoms with Crippen LogP contribution in [-0.2, 0) is 13.1 Å². The topological polar surface area (TPSA) is 64.3 Å². The summed E-state index contributed by atoms with van der Waals surface area (Å²) < 4.78 is 5.09. The van der Waals surface area contributed by atoms with Gasteiger partial charge in [-0.3, -0.25) is 0 Å². The number of rotatable bonds is 5. The lowest BCUT2D eigenvalue weighted by molar-refractivity contribution is 0.397. The quantitative estimate of drug-likeness (QED) is 0.882. The Hall–Kier alpha value is -2.14. The number of anilines is 1. The van der Waals surface area contributed by atoms with Crippen molar-refractivity contribution in [1.29, 1.82) is 0 Å². The lowest BCUT2D eigenvalue weighted by atomic mass is 10.1. The van der Waals surface area contributed by atoms with E-state index in [9.17, 15) is 0 Å². The van der Waals surface area contributed by atoms with Gasteiger partial charge in [0.25, 0.3) is 0 Å². The summed E-state index contributed by atoms with van der Waals surface area (Å²) >= 11 is 0. The van der Waals surface area contributed by atoms with Crippen LogP contribution in [-0.4, -0.2) is 24.1 Å². The van der Waals surface area contributed by atoms with Gasteiger partial charge in [-0.2, -0.15) is 4.98 Å². The van der Waals surface area contributed by atoms with E-state index in [1.165, 1.54) is 5.56 Å². The van der Waals surface area contributed by atoms with Gasteiger partial charge >= 0.3 is 0 Å². The zero-order chi connectivity index (χ0) is 13.7. The predicted molar refractivity (Wildman–Crippen MR) is 75.0 cm³/mol. The van der Waals surface area contributed by atoms with Gasteiger partial charge in [-0.25, -0.2) is 4.98 Å². The van der Waals surface area contributed by atoms with Crippen molar-refractivity contribution < 1.29 is 4.74 Å². The predicted octanol–water partition coefficient (Wildman–Crippen LogP) is 1.58. The van der Waals surface area contributed by atoms with Crippen molar-refractivity contribution in [3.63, 3.8) is 0 Å². The molecule has 0 atom stereocenters. The highest BCUT2D eigenvalue weighted by molar-refractivity contribution is 5.33. The summed E-state index contributed by atoms with van der Waals surface area (Å²) in [5, 5.41) is 0. The van der Waals surface area contributed by atoms with Gasteiger partial charge in [0, 0.05) is 32.4 Å². The maximum atomic E-state index is 5.58. The molecular formula is C14H18N4O. The average molecular weight is 258 g/mol. The molecule has 0 amide bonds. The number of hydrogen-bond donors (Lipinski definition) is 1. The second kappa shape index (κ2) is 6.15. The Bertz CT molecular complexity index is 527. The van der Waals surface area contributed by atoms with Crippen LogP contribution < -0.4 is 15.4 Å². The number of ether oxygens (including phenoxy) is 1. The van der Waals surface area contributed by atoms with Crippen molar-refractivity contribution in [3.05, 3.63) is 47.7 Å². The molecule has 0 saturated carbocycles. The first kappa shape index (κ1) is 13.3. The van der Waals surface area contributed by atoms with E-state index in [2.05, 4.69) is 22.1 Å². The Morgan fingerprint density at radius 2 is 1.84 bits per heavy atom. The zero-order valence-corrected chi connectivity index (χ0v) is 11.2. The maximum Gasteiger partial charge on any atom is 0.228 e. The number of benzene rings is 1. The van der Waals surface area contributed by atoms with Gasteiger partial charge < -0.3 is 15.4 Å². The van der Waals surface area contributed by atoms with Crippen LogP contribution in [0, 0.1) is 0 Å². The molecule has 0 saturated heterocycles. The first-order chi connectivity index (χ1) is 9.22. The largest absolute Gasteiger partial charge is 0.481 e. The van der Waals surface area contributed by atoms with Gasteiger partial charge in [0.2, 0.25) is 11.8 Å². The molecule has 100 valence electrons. The number of methoxy groups -OCH3 is 1. The molecule has 1 aromatic heterocycles. The van der Waals surface area contributed by atoms with Crippen LogP contribution in [0.15, 0.2) is 36.5 Å². The van der Waals surface area contributed by atoms with Crippen LogP contribution in [0.5, 0.6) is 5.88 Å². The highest BCUT2D eigenvalue weighted by Crippen LogP contribution is 2.14. The van der Waals surface area contributed by atoms with E-state index in [1.807, 2.05) is 24.1 Å². The molecule has 2 N–H and O–H groups in total. The van der Waals surface area contributed by atoms with E-state index < -0.39 is 0 Å². The van der Waals surface area contributed by atoms with Gasteiger partial charge in [0.05, 0.1) is 7.11 Å². The first-order valence-electron chi connectivity index (χ1n) is 6.09. The molecule has 0 aliphatic heterocycles. The molecule has 0 aliphatic rings. The molecule has 0 unspecified atom stereocenters. The Morgan fingerprint density at radius 3 is 2.47 bits per heavy atom. The van der Waals surface area contributed by atoms with E-state index >= 15 is 0 Å². The normalized spacial score (nSPS) is 10.3. The minimum absolute atomic E-state index is 0.565. The summed E-state index contributed by atoms with van der Waals surface area (Å²) in [5.41, 5.74) is 7.89. The third-order valence-corrected chi connectivity index (χ3v) is 2.85. The van der Waals surface area contributed by atoms with Crippen LogP contribution in [0.25, 0.3) is 0 Å². The van der Waals surface area contributed by atoms with E-state index in [0.717, 1.165) is 12.1 Å². The van der Waals surface area contributed by atoms with Crippen LogP contribution in [0.4, 0.5) is 5.95 Å². The fourth-order valence-electron chi connectivity index (χ4n) is 1.76. The number of nitrogens with two attached hydrogens (primary N) is 1. The molecule has 0 fully saturated rings. The fraction of sp³-hybridized carbons (Fsp3) is 0.286. The molecule has 5 heteroatoms. The molecule has 0 radical (unpaired) electrons. The second-order valence-electron chi connectivity index (χ2n) is 4.28. The van der Waals surface area contributed by atoms with Gasteiger partial charge in [-0.1, -0.05) is 24.3 Å². The van der Waals surface area contributed by atoms with Gasteiger partial charge in [0.15, 0.2) is 0 Å². The van der Waals surface area contributed by atoms with Crippen molar-refractivity contribution in [2.45, 2.75) is 13.1 Å². The van der Waals surface area contributed by atoms with Gasteiger partial charge in [-0.05, 0) is 11.1 Å². The first-order valence-corrected chi connectivity index (χ1v) is 6.09. The molecule has 2 aromatic rings. The third kappa shape index (κ3) is 3.42. The monoisotopic (exact) mass is 258 g/mol. The van der Waals surface area contributed by atoms with Crippen LogP contribution in [0.2, 0.25) is 0 Å². The number of nitrogens with zero attached hydrogens (tertiary/aromatic N) is 3. The minimum atomic E-state index is 0.565. The second-order valence-corrected chi connectivity index (χ2v) is 4.28. The maximum absolute atomic E-state index is 5.58. The highest BCUT2D eigenvalue weighted by atomic mass is 16.5. The van der Waals surface area contributed by atoms with Crippen molar-refractivity contribution in [2.24, 2.45) is 5.73 Å². The van der Waals surface area contributed by atoms with Crippen LogP contribution >= 0.6 is 0 Å². The van der Waals surface area contributed by atoms with Crippen molar-refractivity contribution in [1.82, 2.24) is 9.97 Å². The van der Waals surface area contributed by atoms with E-state index in [1.54, 1.807) is 19.4 Å². The summed E-state index contributed by atoms with van der Waals surface area (Å²) in [5.74, 6) is 1.21.